The second kappa shape index (κ2) is 3.97. The minimum atomic E-state index is -0.456. The molecule has 0 bridgehead atoms. The highest BCUT2D eigenvalue weighted by Gasteiger charge is 2.37. The average Bonchev–Trinajstić information content (AvgIpc) is 2.76. The van der Waals surface area contributed by atoms with Gasteiger partial charge in [0, 0.05) is 6.54 Å². The number of fused-ring (bicyclic) bond motifs is 3. The van der Waals surface area contributed by atoms with Gasteiger partial charge in [-0.25, -0.2) is 0 Å². The Hall–Kier alpha value is -1.12. The number of pyridine rings is 1. The molecule has 1 atom stereocenters. The fraction of sp³-hybridized carbons (Fsp3) is 0.500. The molecule has 0 spiro atoms. The number of anilines is 1. The normalized spacial score (nSPS) is 21.7. The third kappa shape index (κ3) is 1.72. The van der Waals surface area contributed by atoms with E-state index < -0.39 is 4.92 Å². The number of ether oxygens (including phenoxy) is 1. The topological polar surface area (TPSA) is 68.5 Å². The minimum absolute atomic E-state index is 0.107. The standard InChI is InChI=1S/C10H10IN3O3/c11-7-4-8(14(15)16)12-10-9(7)17-5-6-2-1-3-13(6)10/h4,6H,1-3,5H2/t6-/m0/s1. The van der Waals surface area contributed by atoms with Crippen LogP contribution in [0.4, 0.5) is 11.6 Å². The molecule has 0 amide bonds. The Labute approximate surface area is 111 Å². The van der Waals surface area contributed by atoms with E-state index in [1.165, 1.54) is 6.07 Å². The summed E-state index contributed by atoms with van der Waals surface area (Å²) in [5.74, 6) is 1.22. The van der Waals surface area contributed by atoms with E-state index in [2.05, 4.69) is 32.5 Å². The highest BCUT2D eigenvalue weighted by Crippen LogP contribution is 2.40. The van der Waals surface area contributed by atoms with Crippen LogP contribution in [0.2, 0.25) is 0 Å². The van der Waals surface area contributed by atoms with Crippen LogP contribution >= 0.6 is 22.6 Å². The highest BCUT2D eigenvalue weighted by molar-refractivity contribution is 14.1. The molecule has 3 heterocycles. The molecular weight excluding hydrogens is 337 g/mol. The molecule has 0 radical (unpaired) electrons. The van der Waals surface area contributed by atoms with Crippen LogP contribution in [0.1, 0.15) is 12.8 Å². The number of halogens is 1. The number of hydrogen-bond donors (Lipinski definition) is 0. The van der Waals surface area contributed by atoms with Gasteiger partial charge in [0.1, 0.15) is 6.61 Å². The van der Waals surface area contributed by atoms with Crippen molar-refractivity contribution in [2.75, 3.05) is 18.1 Å². The molecule has 1 fully saturated rings. The Morgan fingerprint density at radius 3 is 3.24 bits per heavy atom. The lowest BCUT2D eigenvalue weighted by atomic mass is 10.2. The van der Waals surface area contributed by atoms with Crippen molar-refractivity contribution in [2.45, 2.75) is 18.9 Å². The van der Waals surface area contributed by atoms with Crippen molar-refractivity contribution >= 4 is 34.2 Å². The van der Waals surface area contributed by atoms with Gasteiger partial charge < -0.3 is 19.8 Å². The van der Waals surface area contributed by atoms with Crippen molar-refractivity contribution in [3.05, 3.63) is 19.8 Å². The molecule has 2 aliphatic heterocycles. The van der Waals surface area contributed by atoms with Crippen molar-refractivity contribution in [1.29, 1.82) is 0 Å². The molecule has 0 unspecified atom stereocenters. The van der Waals surface area contributed by atoms with Gasteiger partial charge >= 0.3 is 5.82 Å². The van der Waals surface area contributed by atoms with E-state index in [1.54, 1.807) is 0 Å². The maximum Gasteiger partial charge on any atom is 0.367 e. The second-order valence-corrected chi connectivity index (χ2v) is 5.33. The summed E-state index contributed by atoms with van der Waals surface area (Å²) in [5, 5.41) is 10.8. The quantitative estimate of drug-likeness (QED) is 0.441. The molecule has 0 aliphatic carbocycles. The van der Waals surface area contributed by atoms with Gasteiger partial charge in [-0.2, -0.15) is 0 Å². The van der Waals surface area contributed by atoms with Crippen molar-refractivity contribution in [3.63, 3.8) is 0 Å². The molecule has 1 aromatic heterocycles. The van der Waals surface area contributed by atoms with Crippen LogP contribution in [0, 0.1) is 13.7 Å². The smallest absolute Gasteiger partial charge is 0.367 e. The summed E-state index contributed by atoms with van der Waals surface area (Å²) in [6, 6.07) is 1.78. The fourth-order valence-corrected chi connectivity index (χ4v) is 3.04. The highest BCUT2D eigenvalue weighted by atomic mass is 127. The summed E-state index contributed by atoms with van der Waals surface area (Å²) in [7, 11) is 0. The van der Waals surface area contributed by atoms with Crippen LogP contribution in [0.3, 0.4) is 0 Å². The molecule has 6 nitrogen and oxygen atoms in total. The van der Waals surface area contributed by atoms with Crippen LogP contribution in [-0.2, 0) is 0 Å². The zero-order valence-corrected chi connectivity index (χ0v) is 11.1. The summed E-state index contributed by atoms with van der Waals surface area (Å²) < 4.78 is 6.42. The maximum absolute atomic E-state index is 10.8. The Morgan fingerprint density at radius 2 is 2.47 bits per heavy atom. The number of hydrogen-bond acceptors (Lipinski definition) is 5. The zero-order chi connectivity index (χ0) is 12.0. The van der Waals surface area contributed by atoms with Gasteiger partial charge in [0.05, 0.1) is 15.7 Å². The van der Waals surface area contributed by atoms with Crippen molar-refractivity contribution < 1.29 is 9.66 Å². The van der Waals surface area contributed by atoms with Crippen LogP contribution in [0.15, 0.2) is 6.07 Å². The molecular formula is C10H10IN3O3. The Kier molecular flexibility index (Phi) is 2.57. The van der Waals surface area contributed by atoms with Crippen molar-refractivity contribution in [2.24, 2.45) is 0 Å². The molecule has 1 aromatic rings. The van der Waals surface area contributed by atoms with Gasteiger partial charge in [-0.1, -0.05) is 0 Å². The Balaban J connectivity index is 2.12. The predicted octanol–water partition coefficient (Wildman–Crippen LogP) is 1.96. The molecule has 0 saturated carbocycles. The van der Waals surface area contributed by atoms with Crippen molar-refractivity contribution in [3.8, 4) is 5.75 Å². The van der Waals surface area contributed by atoms with E-state index in [0.717, 1.165) is 23.0 Å². The summed E-state index contributed by atoms with van der Waals surface area (Å²) in [6.07, 6.45) is 2.16. The van der Waals surface area contributed by atoms with Gasteiger partial charge in [-0.05, 0) is 45.3 Å². The molecule has 17 heavy (non-hydrogen) atoms. The van der Waals surface area contributed by atoms with Crippen molar-refractivity contribution in [1.82, 2.24) is 4.98 Å². The van der Waals surface area contributed by atoms with E-state index in [1.807, 2.05) is 0 Å². The Bertz CT molecular complexity index is 494. The lowest BCUT2D eigenvalue weighted by molar-refractivity contribution is -0.389. The molecule has 7 heteroatoms. The van der Waals surface area contributed by atoms with E-state index in [-0.39, 0.29) is 5.82 Å². The third-order valence-corrected chi connectivity index (χ3v) is 3.95. The largest absolute Gasteiger partial charge is 0.484 e. The first-order valence-electron chi connectivity index (χ1n) is 5.41. The van der Waals surface area contributed by atoms with Gasteiger partial charge in [0.15, 0.2) is 0 Å². The first-order chi connectivity index (χ1) is 8.16. The lowest BCUT2D eigenvalue weighted by Crippen LogP contribution is -2.39. The molecule has 3 rings (SSSR count). The monoisotopic (exact) mass is 347 g/mol. The van der Waals surface area contributed by atoms with Gasteiger partial charge in [-0.3, -0.25) is 0 Å². The summed E-state index contributed by atoms with van der Waals surface area (Å²) in [5.41, 5.74) is 0. The lowest BCUT2D eigenvalue weighted by Gasteiger charge is -2.29. The maximum atomic E-state index is 10.8. The molecule has 1 saturated heterocycles. The molecule has 90 valence electrons. The summed E-state index contributed by atoms with van der Waals surface area (Å²) >= 11 is 2.06. The van der Waals surface area contributed by atoms with Crippen LogP contribution < -0.4 is 9.64 Å². The first-order valence-corrected chi connectivity index (χ1v) is 6.49. The predicted molar refractivity (Wildman–Crippen MR) is 69.5 cm³/mol. The number of nitrogens with zero attached hydrogens (tertiary/aromatic N) is 3. The number of nitro groups is 1. The second-order valence-electron chi connectivity index (χ2n) is 4.17. The van der Waals surface area contributed by atoms with E-state index >= 15 is 0 Å². The molecule has 2 aliphatic rings. The minimum Gasteiger partial charge on any atom is -0.484 e. The Morgan fingerprint density at radius 1 is 1.65 bits per heavy atom. The van der Waals surface area contributed by atoms with Crippen LogP contribution in [0.25, 0.3) is 0 Å². The molecule has 0 aromatic carbocycles. The first kappa shape index (κ1) is 11.0. The zero-order valence-electron chi connectivity index (χ0n) is 8.93. The summed E-state index contributed by atoms with van der Waals surface area (Å²) in [6.45, 7) is 1.56. The van der Waals surface area contributed by atoms with Gasteiger partial charge in [0.2, 0.25) is 5.75 Å². The van der Waals surface area contributed by atoms with E-state index in [9.17, 15) is 10.1 Å². The van der Waals surface area contributed by atoms with Crippen LogP contribution in [0.5, 0.6) is 5.75 Å². The van der Waals surface area contributed by atoms with E-state index in [0.29, 0.717) is 24.2 Å². The number of rotatable bonds is 1. The van der Waals surface area contributed by atoms with E-state index in [4.69, 9.17) is 4.74 Å². The van der Waals surface area contributed by atoms with Crippen LogP contribution in [-0.4, -0.2) is 29.1 Å². The average molecular weight is 347 g/mol. The number of aromatic nitrogens is 1. The molecule has 0 N–H and O–H groups in total. The van der Waals surface area contributed by atoms with Gasteiger partial charge in [0.25, 0.3) is 5.82 Å². The van der Waals surface area contributed by atoms with Gasteiger partial charge in [-0.15, -0.1) is 0 Å². The SMILES string of the molecule is O=[N+]([O-])c1cc(I)c2c(n1)N1CCC[C@H]1CO2. The summed E-state index contributed by atoms with van der Waals surface area (Å²) in [4.78, 5) is 16.6. The third-order valence-electron chi connectivity index (χ3n) is 3.15. The fourth-order valence-electron chi connectivity index (χ4n) is 2.37.